The summed E-state index contributed by atoms with van der Waals surface area (Å²) >= 11 is 0. The van der Waals surface area contributed by atoms with Gasteiger partial charge in [-0.25, -0.2) is 0 Å². The second-order valence-electron chi connectivity index (χ2n) is 9.28. The van der Waals surface area contributed by atoms with Crippen molar-refractivity contribution in [2.75, 3.05) is 40.5 Å². The lowest BCUT2D eigenvalue weighted by atomic mass is 9.90. The van der Waals surface area contributed by atoms with Crippen molar-refractivity contribution in [1.82, 2.24) is 15.1 Å². The van der Waals surface area contributed by atoms with Crippen molar-refractivity contribution in [2.24, 2.45) is 5.73 Å². The Hall–Kier alpha value is -2.00. The van der Waals surface area contributed by atoms with Gasteiger partial charge in [0, 0.05) is 52.0 Å². The van der Waals surface area contributed by atoms with E-state index in [9.17, 15) is 9.59 Å². The Morgan fingerprint density at radius 2 is 1.82 bits per heavy atom. The Kier molecular flexibility index (Phi) is 10.1. The molecule has 1 saturated heterocycles. The molecule has 3 rings (SSSR count). The van der Waals surface area contributed by atoms with E-state index in [2.05, 4.69) is 22.3 Å². The maximum Gasteiger partial charge on any atom is 0.249 e. The molecule has 0 bridgehead atoms. The number of benzene rings is 1. The molecule has 1 aromatic carbocycles. The first kappa shape index (κ1) is 25.6. The number of nitrogens with one attached hydrogen (secondary N) is 1. The van der Waals surface area contributed by atoms with Crippen LogP contribution >= 0.6 is 0 Å². The third-order valence-corrected chi connectivity index (χ3v) is 6.91. The van der Waals surface area contributed by atoms with Crippen LogP contribution in [0.4, 0.5) is 0 Å². The van der Waals surface area contributed by atoms with Crippen molar-refractivity contribution in [3.8, 4) is 0 Å². The SMILES string of the molecule is COCCN(Cc1ccccc1)C1CCN(C(=O)COC)[C@@H](C(=O)NC2CCC(N)CC2)C1. The number of hydrogen-bond acceptors (Lipinski definition) is 6. The summed E-state index contributed by atoms with van der Waals surface area (Å²) < 4.78 is 10.5. The Bertz CT molecular complexity index is 739. The molecule has 1 aliphatic heterocycles. The number of hydrogen-bond donors (Lipinski definition) is 2. The van der Waals surface area contributed by atoms with Crippen LogP contribution in [0.25, 0.3) is 0 Å². The fraction of sp³-hybridized carbons (Fsp3) is 0.680. The number of likely N-dealkylation sites (tertiary alicyclic amines) is 1. The summed E-state index contributed by atoms with van der Waals surface area (Å²) in [5.41, 5.74) is 7.25. The highest BCUT2D eigenvalue weighted by molar-refractivity contribution is 5.88. The van der Waals surface area contributed by atoms with Crippen molar-refractivity contribution < 1.29 is 19.1 Å². The van der Waals surface area contributed by atoms with E-state index >= 15 is 0 Å². The zero-order valence-electron chi connectivity index (χ0n) is 20.1. The van der Waals surface area contributed by atoms with Crippen molar-refractivity contribution in [3.63, 3.8) is 0 Å². The molecular formula is C25H40N4O4. The van der Waals surface area contributed by atoms with Crippen LogP contribution in [0.2, 0.25) is 0 Å². The van der Waals surface area contributed by atoms with E-state index in [0.29, 0.717) is 19.6 Å². The van der Waals surface area contributed by atoms with Gasteiger partial charge in [-0.05, 0) is 44.1 Å². The van der Waals surface area contributed by atoms with Crippen LogP contribution in [0.5, 0.6) is 0 Å². The predicted molar refractivity (Wildman–Crippen MR) is 128 cm³/mol. The second-order valence-corrected chi connectivity index (χ2v) is 9.28. The molecule has 1 saturated carbocycles. The van der Waals surface area contributed by atoms with Gasteiger partial charge in [0.15, 0.2) is 0 Å². The van der Waals surface area contributed by atoms with Gasteiger partial charge < -0.3 is 25.4 Å². The molecule has 184 valence electrons. The molecule has 1 heterocycles. The zero-order valence-corrected chi connectivity index (χ0v) is 20.1. The van der Waals surface area contributed by atoms with Crippen molar-refractivity contribution in [3.05, 3.63) is 35.9 Å². The molecule has 2 atom stereocenters. The number of piperidine rings is 1. The molecule has 0 aromatic heterocycles. The van der Waals surface area contributed by atoms with E-state index in [1.807, 2.05) is 18.2 Å². The minimum atomic E-state index is -0.497. The Balaban J connectivity index is 1.72. The largest absolute Gasteiger partial charge is 0.383 e. The average Bonchev–Trinajstić information content (AvgIpc) is 2.83. The van der Waals surface area contributed by atoms with Crippen molar-refractivity contribution in [1.29, 1.82) is 0 Å². The predicted octanol–water partition coefficient (Wildman–Crippen LogP) is 1.53. The number of carbonyl (C=O) groups is 2. The van der Waals surface area contributed by atoms with Crippen LogP contribution in [0.15, 0.2) is 30.3 Å². The van der Waals surface area contributed by atoms with E-state index < -0.39 is 6.04 Å². The molecule has 8 nitrogen and oxygen atoms in total. The third-order valence-electron chi connectivity index (χ3n) is 6.91. The van der Waals surface area contributed by atoms with Gasteiger partial charge in [0.25, 0.3) is 0 Å². The number of nitrogens with zero attached hydrogens (tertiary/aromatic N) is 2. The Morgan fingerprint density at radius 3 is 2.48 bits per heavy atom. The Labute approximate surface area is 197 Å². The van der Waals surface area contributed by atoms with Gasteiger partial charge in [0.05, 0.1) is 6.61 Å². The van der Waals surface area contributed by atoms with Gasteiger partial charge in [-0.3, -0.25) is 14.5 Å². The highest BCUT2D eigenvalue weighted by Crippen LogP contribution is 2.25. The number of ether oxygens (including phenoxy) is 2. The molecule has 2 fully saturated rings. The standard InChI is InChI=1S/C25H40N4O4/c1-32-15-14-28(17-19-6-4-3-5-7-19)22-12-13-29(24(30)18-33-2)23(16-22)25(31)27-21-10-8-20(26)9-11-21/h3-7,20-23H,8-18,26H2,1-2H3,(H,27,31)/t20?,21?,22?,23-/m1/s1. The van der Waals surface area contributed by atoms with Crippen molar-refractivity contribution in [2.45, 2.75) is 69.2 Å². The summed E-state index contributed by atoms with van der Waals surface area (Å²) in [5.74, 6) is -0.190. The van der Waals surface area contributed by atoms with E-state index in [0.717, 1.165) is 45.2 Å². The summed E-state index contributed by atoms with van der Waals surface area (Å²) in [6.07, 6.45) is 5.04. The first-order valence-corrected chi connectivity index (χ1v) is 12.1. The minimum absolute atomic E-state index is 0.00979. The third kappa shape index (κ3) is 7.50. The van der Waals surface area contributed by atoms with Crippen LogP contribution in [0.1, 0.15) is 44.1 Å². The van der Waals surface area contributed by atoms with E-state index in [4.69, 9.17) is 15.2 Å². The summed E-state index contributed by atoms with van der Waals surface area (Å²) in [5, 5.41) is 3.22. The van der Waals surface area contributed by atoms with Crippen LogP contribution in [0, 0.1) is 0 Å². The summed E-state index contributed by atoms with van der Waals surface area (Å²) in [4.78, 5) is 30.2. The van der Waals surface area contributed by atoms with Gasteiger partial charge >= 0.3 is 0 Å². The van der Waals surface area contributed by atoms with Gasteiger partial charge in [-0.2, -0.15) is 0 Å². The lowest BCUT2D eigenvalue weighted by Gasteiger charge is -2.43. The lowest BCUT2D eigenvalue weighted by molar-refractivity contribution is -0.147. The first-order valence-electron chi connectivity index (χ1n) is 12.1. The number of rotatable bonds is 10. The van der Waals surface area contributed by atoms with Crippen molar-refractivity contribution >= 4 is 11.8 Å². The van der Waals surface area contributed by atoms with Crippen LogP contribution < -0.4 is 11.1 Å². The Morgan fingerprint density at radius 1 is 1.09 bits per heavy atom. The number of amides is 2. The van der Waals surface area contributed by atoms with E-state index in [1.54, 1.807) is 12.0 Å². The van der Waals surface area contributed by atoms with Gasteiger partial charge in [-0.15, -0.1) is 0 Å². The minimum Gasteiger partial charge on any atom is -0.383 e. The van der Waals surface area contributed by atoms with E-state index in [-0.39, 0.29) is 36.5 Å². The maximum atomic E-state index is 13.4. The molecule has 3 N–H and O–H groups in total. The quantitative estimate of drug-likeness (QED) is 0.550. The monoisotopic (exact) mass is 460 g/mol. The normalized spacial score (nSPS) is 25.8. The average molecular weight is 461 g/mol. The molecule has 0 spiro atoms. The van der Waals surface area contributed by atoms with E-state index in [1.165, 1.54) is 12.7 Å². The van der Waals surface area contributed by atoms with Gasteiger partial charge in [-0.1, -0.05) is 30.3 Å². The lowest BCUT2D eigenvalue weighted by Crippen LogP contribution is -2.59. The molecule has 0 radical (unpaired) electrons. The second kappa shape index (κ2) is 13.0. The number of nitrogens with two attached hydrogens (primary N) is 1. The smallest absolute Gasteiger partial charge is 0.249 e. The fourth-order valence-electron chi connectivity index (χ4n) is 5.01. The highest BCUT2D eigenvalue weighted by Gasteiger charge is 2.38. The molecule has 1 aliphatic carbocycles. The summed E-state index contributed by atoms with van der Waals surface area (Å²) in [6.45, 7) is 2.71. The fourth-order valence-corrected chi connectivity index (χ4v) is 5.01. The molecular weight excluding hydrogens is 420 g/mol. The molecule has 8 heteroatoms. The summed E-state index contributed by atoms with van der Waals surface area (Å²) in [7, 11) is 3.22. The number of carbonyl (C=O) groups excluding carboxylic acids is 2. The highest BCUT2D eigenvalue weighted by atomic mass is 16.5. The van der Waals surface area contributed by atoms with Crippen LogP contribution in [-0.2, 0) is 25.6 Å². The van der Waals surface area contributed by atoms with Gasteiger partial charge in [0.2, 0.25) is 11.8 Å². The molecule has 1 unspecified atom stereocenters. The number of methoxy groups -OCH3 is 2. The maximum absolute atomic E-state index is 13.4. The molecule has 2 amide bonds. The van der Waals surface area contributed by atoms with Crippen LogP contribution in [0.3, 0.4) is 0 Å². The van der Waals surface area contributed by atoms with Gasteiger partial charge in [0.1, 0.15) is 12.6 Å². The molecule has 33 heavy (non-hydrogen) atoms. The molecule has 1 aromatic rings. The zero-order chi connectivity index (χ0) is 23.6. The van der Waals surface area contributed by atoms with Crippen LogP contribution in [-0.4, -0.2) is 86.3 Å². The summed E-state index contributed by atoms with van der Waals surface area (Å²) in [6, 6.07) is 10.4. The molecule has 2 aliphatic rings. The topological polar surface area (TPSA) is 97.1 Å². The first-order chi connectivity index (χ1) is 16.0.